The molecule has 0 aromatic carbocycles. The average Bonchev–Trinajstić information content (AvgIpc) is 2.69. The zero-order valence-corrected chi connectivity index (χ0v) is 8.65. The number of carboxylic acid groups (broad SMARTS) is 1. The monoisotopic (exact) mass is 255 g/mol. The first-order valence-corrected chi connectivity index (χ1v) is 4.45. The summed E-state index contributed by atoms with van der Waals surface area (Å²) in [4.78, 5) is 8.90. The Morgan fingerprint density at radius 1 is 1.53 bits per heavy atom. The smallest absolute Gasteiger partial charge is 0.475 e. The van der Waals surface area contributed by atoms with Crippen molar-refractivity contribution in [1.82, 2.24) is 0 Å². The third-order valence-corrected chi connectivity index (χ3v) is 1.56. The minimum absolute atomic E-state index is 0.0190. The number of hydrogen-bond acceptors (Lipinski definition) is 4. The molecule has 98 valence electrons. The molecule has 0 aliphatic carbocycles. The van der Waals surface area contributed by atoms with Crippen LogP contribution in [0.1, 0.15) is 5.56 Å². The minimum Gasteiger partial charge on any atom is -0.475 e. The van der Waals surface area contributed by atoms with Crippen LogP contribution in [0.4, 0.5) is 13.2 Å². The molecule has 0 bridgehead atoms. The van der Waals surface area contributed by atoms with E-state index in [-0.39, 0.29) is 12.6 Å². The topological polar surface area (TPSA) is 96.7 Å². The average molecular weight is 255 g/mol. The van der Waals surface area contributed by atoms with Crippen LogP contribution in [0.2, 0.25) is 0 Å². The van der Waals surface area contributed by atoms with Crippen LogP contribution in [0, 0.1) is 0 Å². The molecule has 0 aliphatic rings. The Bertz CT molecular complexity index is 323. The van der Waals surface area contributed by atoms with Crippen molar-refractivity contribution in [2.24, 2.45) is 5.73 Å². The molecular formula is C9H12F3NO4. The maximum absolute atomic E-state index is 10.6. The largest absolute Gasteiger partial charge is 0.490 e. The van der Waals surface area contributed by atoms with Crippen molar-refractivity contribution in [3.8, 4) is 0 Å². The van der Waals surface area contributed by atoms with E-state index in [1.165, 1.54) is 0 Å². The van der Waals surface area contributed by atoms with Gasteiger partial charge in [0.05, 0.1) is 19.1 Å². The number of halogens is 3. The van der Waals surface area contributed by atoms with Gasteiger partial charge in [-0.05, 0) is 18.1 Å². The van der Waals surface area contributed by atoms with Crippen LogP contribution in [0.15, 0.2) is 23.0 Å². The van der Waals surface area contributed by atoms with Gasteiger partial charge in [-0.2, -0.15) is 13.2 Å². The van der Waals surface area contributed by atoms with Gasteiger partial charge in [-0.3, -0.25) is 0 Å². The van der Waals surface area contributed by atoms with Gasteiger partial charge in [-0.15, -0.1) is 0 Å². The maximum atomic E-state index is 10.6. The highest BCUT2D eigenvalue weighted by atomic mass is 19.4. The number of hydrogen-bond donors (Lipinski definition) is 3. The van der Waals surface area contributed by atoms with E-state index in [4.69, 9.17) is 25.2 Å². The first-order valence-electron chi connectivity index (χ1n) is 4.45. The standard InChI is InChI=1S/C7H11NO2.C2HF3O2/c8-7(4-9)3-6-1-2-10-5-6;3-2(4,5)1(6)7/h1-2,5,7,9H,3-4,8H2;(H,6,7)/t7-;/m1./s1. The van der Waals surface area contributed by atoms with Gasteiger partial charge in [0.15, 0.2) is 0 Å². The summed E-state index contributed by atoms with van der Waals surface area (Å²) >= 11 is 0. The fraction of sp³-hybridized carbons (Fsp3) is 0.444. The summed E-state index contributed by atoms with van der Waals surface area (Å²) in [5.74, 6) is -2.76. The third-order valence-electron chi connectivity index (χ3n) is 1.56. The molecule has 1 rings (SSSR count). The number of carbonyl (C=O) groups is 1. The van der Waals surface area contributed by atoms with E-state index >= 15 is 0 Å². The highest BCUT2D eigenvalue weighted by molar-refractivity contribution is 5.73. The molecule has 5 nitrogen and oxygen atoms in total. The summed E-state index contributed by atoms with van der Waals surface area (Å²) in [5, 5.41) is 15.7. The molecule has 4 N–H and O–H groups in total. The van der Waals surface area contributed by atoms with Crippen LogP contribution in [-0.4, -0.2) is 35.0 Å². The van der Waals surface area contributed by atoms with Gasteiger partial charge in [-0.1, -0.05) is 0 Å². The van der Waals surface area contributed by atoms with Gasteiger partial charge >= 0.3 is 12.1 Å². The number of nitrogens with two attached hydrogens (primary N) is 1. The Balaban J connectivity index is 0.000000325. The number of aliphatic hydroxyl groups is 1. The Kier molecular flexibility index (Phi) is 6.29. The minimum atomic E-state index is -5.08. The molecular weight excluding hydrogens is 243 g/mol. The Labute approximate surface area is 94.6 Å². The van der Waals surface area contributed by atoms with E-state index in [9.17, 15) is 13.2 Å². The van der Waals surface area contributed by atoms with Crippen molar-refractivity contribution >= 4 is 5.97 Å². The van der Waals surface area contributed by atoms with Crippen LogP contribution in [0.25, 0.3) is 0 Å². The molecule has 1 heterocycles. The lowest BCUT2D eigenvalue weighted by Crippen LogP contribution is -2.26. The van der Waals surface area contributed by atoms with Gasteiger partial charge in [-0.25, -0.2) is 4.79 Å². The summed E-state index contributed by atoms with van der Waals surface area (Å²) in [5.41, 5.74) is 6.50. The van der Waals surface area contributed by atoms with E-state index < -0.39 is 12.1 Å². The number of furan rings is 1. The summed E-state index contributed by atoms with van der Waals surface area (Å²) in [6, 6.07) is 1.67. The Morgan fingerprint density at radius 2 is 2.06 bits per heavy atom. The van der Waals surface area contributed by atoms with Crippen LogP contribution < -0.4 is 5.73 Å². The lowest BCUT2D eigenvalue weighted by molar-refractivity contribution is -0.192. The molecule has 0 fully saturated rings. The normalized spacial score (nSPS) is 12.5. The van der Waals surface area contributed by atoms with Crippen molar-refractivity contribution in [2.45, 2.75) is 18.6 Å². The Hall–Kier alpha value is -1.54. The molecule has 0 spiro atoms. The second-order valence-electron chi connectivity index (χ2n) is 3.08. The SMILES string of the molecule is N[C@@H](CO)Cc1ccoc1.O=C(O)C(F)(F)F. The molecule has 17 heavy (non-hydrogen) atoms. The van der Waals surface area contributed by atoms with E-state index in [0.29, 0.717) is 6.42 Å². The molecule has 0 amide bonds. The molecule has 0 radical (unpaired) electrons. The van der Waals surface area contributed by atoms with Crippen LogP contribution in [0.3, 0.4) is 0 Å². The summed E-state index contributed by atoms with van der Waals surface area (Å²) in [7, 11) is 0. The van der Waals surface area contributed by atoms with E-state index in [1.807, 2.05) is 6.07 Å². The van der Waals surface area contributed by atoms with Crippen molar-refractivity contribution in [1.29, 1.82) is 0 Å². The second-order valence-corrected chi connectivity index (χ2v) is 3.08. The lowest BCUT2D eigenvalue weighted by Gasteiger charge is -2.03. The van der Waals surface area contributed by atoms with Gasteiger partial charge in [0.1, 0.15) is 0 Å². The van der Waals surface area contributed by atoms with E-state index in [1.54, 1.807) is 12.5 Å². The fourth-order valence-corrected chi connectivity index (χ4v) is 0.776. The van der Waals surface area contributed by atoms with E-state index in [0.717, 1.165) is 5.56 Å². The van der Waals surface area contributed by atoms with Crippen molar-refractivity contribution in [2.75, 3.05) is 6.61 Å². The number of carboxylic acids is 1. The fourth-order valence-electron chi connectivity index (χ4n) is 0.776. The van der Waals surface area contributed by atoms with Crippen LogP contribution in [0.5, 0.6) is 0 Å². The summed E-state index contributed by atoms with van der Waals surface area (Å²) < 4.78 is 36.6. The van der Waals surface area contributed by atoms with Crippen molar-refractivity contribution in [3.05, 3.63) is 24.2 Å². The first kappa shape index (κ1) is 15.5. The quantitative estimate of drug-likeness (QED) is 0.741. The molecule has 0 saturated heterocycles. The van der Waals surface area contributed by atoms with Gasteiger partial charge < -0.3 is 20.4 Å². The van der Waals surface area contributed by atoms with Gasteiger partial charge in [0.25, 0.3) is 0 Å². The molecule has 0 unspecified atom stereocenters. The summed E-state index contributed by atoms with van der Waals surface area (Å²) in [6.45, 7) is 0.0190. The zero-order valence-electron chi connectivity index (χ0n) is 8.65. The van der Waals surface area contributed by atoms with Crippen molar-refractivity contribution in [3.63, 3.8) is 0 Å². The van der Waals surface area contributed by atoms with Gasteiger partial charge in [0.2, 0.25) is 0 Å². The maximum Gasteiger partial charge on any atom is 0.490 e. The highest BCUT2D eigenvalue weighted by Gasteiger charge is 2.38. The molecule has 1 aromatic rings. The predicted octanol–water partition coefficient (Wildman–Crippen LogP) is 0.775. The molecule has 0 saturated carbocycles. The number of aliphatic carboxylic acids is 1. The number of aliphatic hydroxyl groups excluding tert-OH is 1. The third kappa shape index (κ3) is 7.36. The lowest BCUT2D eigenvalue weighted by atomic mass is 10.1. The van der Waals surface area contributed by atoms with E-state index in [2.05, 4.69) is 0 Å². The number of alkyl halides is 3. The zero-order chi connectivity index (χ0) is 13.5. The Morgan fingerprint density at radius 3 is 2.35 bits per heavy atom. The van der Waals surface area contributed by atoms with Gasteiger partial charge in [0, 0.05) is 6.04 Å². The number of rotatable bonds is 3. The predicted molar refractivity (Wildman–Crippen MR) is 51.2 cm³/mol. The van der Waals surface area contributed by atoms with Crippen LogP contribution in [-0.2, 0) is 11.2 Å². The summed E-state index contributed by atoms with van der Waals surface area (Å²) in [6.07, 6.45) is -1.18. The molecule has 0 aliphatic heterocycles. The highest BCUT2D eigenvalue weighted by Crippen LogP contribution is 2.13. The molecule has 1 atom stereocenters. The first-order chi connectivity index (χ1) is 7.77. The molecule has 1 aromatic heterocycles. The van der Waals surface area contributed by atoms with Crippen molar-refractivity contribution < 1.29 is 32.6 Å². The molecule has 8 heteroatoms. The second kappa shape index (κ2) is 6.92. The van der Waals surface area contributed by atoms with Crippen LogP contribution >= 0.6 is 0 Å².